The number of thiazole rings is 1. The van der Waals surface area contributed by atoms with Crippen molar-refractivity contribution < 1.29 is 9.53 Å². The van der Waals surface area contributed by atoms with Crippen molar-refractivity contribution in [3.05, 3.63) is 11.2 Å². The lowest BCUT2D eigenvalue weighted by Gasteiger charge is -2.20. The third kappa shape index (κ3) is 3.98. The molecule has 0 radical (unpaired) electrons. The number of rotatable bonds is 6. The van der Waals surface area contributed by atoms with Gasteiger partial charge in [-0.3, -0.25) is 0 Å². The molecule has 0 spiro atoms. The maximum absolute atomic E-state index is 11.6. The number of carbonyl (C=O) groups is 1. The molecule has 0 aliphatic heterocycles. The molecular weight excluding hydrogens is 238 g/mol. The second-order valence-electron chi connectivity index (χ2n) is 3.94. The molecule has 1 N–H and O–H groups in total. The van der Waals surface area contributed by atoms with Gasteiger partial charge in [0.25, 0.3) is 0 Å². The molecule has 1 heterocycles. The second-order valence-corrected chi connectivity index (χ2v) is 4.80. The fourth-order valence-electron chi connectivity index (χ4n) is 1.14. The van der Waals surface area contributed by atoms with Crippen LogP contribution >= 0.6 is 11.3 Å². The van der Waals surface area contributed by atoms with E-state index in [9.17, 15) is 4.79 Å². The molecule has 0 aromatic carbocycles. The summed E-state index contributed by atoms with van der Waals surface area (Å²) in [6, 6.07) is 0.382. The fraction of sp³-hybridized carbons (Fsp3) is 0.636. The van der Waals surface area contributed by atoms with Crippen LogP contribution < -0.4 is 5.32 Å². The summed E-state index contributed by atoms with van der Waals surface area (Å²) in [5.41, 5.74) is 2.03. The van der Waals surface area contributed by atoms with Gasteiger partial charge in [0.2, 0.25) is 0 Å². The third-order valence-electron chi connectivity index (χ3n) is 2.48. The molecule has 1 atom stereocenters. The molecule has 0 amide bonds. The largest absolute Gasteiger partial charge is 0.461 e. The van der Waals surface area contributed by atoms with E-state index in [-0.39, 0.29) is 5.97 Å². The number of carbonyl (C=O) groups excluding carboxylic acids is 1. The van der Waals surface area contributed by atoms with E-state index in [0.717, 1.165) is 11.5 Å². The molecule has 1 aromatic heterocycles. The minimum absolute atomic E-state index is 0.365. The average molecular weight is 257 g/mol. The number of nitrogens with zero attached hydrogens (tertiary/aromatic N) is 2. The van der Waals surface area contributed by atoms with Crippen molar-refractivity contribution in [1.82, 2.24) is 9.88 Å². The van der Waals surface area contributed by atoms with Crippen molar-refractivity contribution in [3.8, 4) is 0 Å². The molecular formula is C11H19N3O2S. The van der Waals surface area contributed by atoms with Gasteiger partial charge in [0, 0.05) is 12.6 Å². The normalized spacial score (nSPS) is 12.5. The zero-order valence-electron chi connectivity index (χ0n) is 10.7. The van der Waals surface area contributed by atoms with Gasteiger partial charge in [0.15, 0.2) is 5.69 Å². The highest BCUT2D eigenvalue weighted by Gasteiger charge is 2.16. The first-order valence-corrected chi connectivity index (χ1v) is 6.45. The van der Waals surface area contributed by atoms with E-state index in [1.54, 1.807) is 12.4 Å². The van der Waals surface area contributed by atoms with Crippen LogP contribution in [0.2, 0.25) is 0 Å². The molecule has 0 aliphatic rings. The first-order valence-electron chi connectivity index (χ1n) is 5.57. The Kier molecular flexibility index (Phi) is 5.37. The van der Waals surface area contributed by atoms with E-state index in [1.807, 2.05) is 14.1 Å². The molecule has 0 bridgehead atoms. The summed E-state index contributed by atoms with van der Waals surface area (Å²) >= 11 is 1.42. The number of aromatic nitrogens is 1. The molecule has 96 valence electrons. The zero-order valence-corrected chi connectivity index (χ0v) is 11.5. The molecule has 0 fully saturated rings. The van der Waals surface area contributed by atoms with E-state index in [4.69, 9.17) is 4.74 Å². The van der Waals surface area contributed by atoms with Crippen LogP contribution in [0.3, 0.4) is 0 Å². The summed E-state index contributed by atoms with van der Waals surface area (Å²) in [7, 11) is 4.04. The summed E-state index contributed by atoms with van der Waals surface area (Å²) in [5, 5.41) is 4.00. The Morgan fingerprint density at radius 3 is 2.94 bits per heavy atom. The van der Waals surface area contributed by atoms with Crippen LogP contribution in [-0.2, 0) is 4.74 Å². The van der Waals surface area contributed by atoms with E-state index in [0.29, 0.717) is 18.3 Å². The predicted octanol–water partition coefficient (Wildman–Crippen LogP) is 1.68. The SMILES string of the molecule is CCOC(=O)c1ncsc1NCC(C)N(C)C. The highest BCUT2D eigenvalue weighted by Crippen LogP contribution is 2.21. The van der Waals surface area contributed by atoms with Crippen molar-refractivity contribution in [2.45, 2.75) is 19.9 Å². The first-order chi connectivity index (χ1) is 8.06. The Bertz CT molecular complexity index is 365. The molecule has 0 saturated heterocycles. The van der Waals surface area contributed by atoms with Gasteiger partial charge in [-0.15, -0.1) is 11.3 Å². The smallest absolute Gasteiger partial charge is 0.360 e. The molecule has 0 saturated carbocycles. The van der Waals surface area contributed by atoms with Crippen LogP contribution in [0.1, 0.15) is 24.3 Å². The summed E-state index contributed by atoms with van der Waals surface area (Å²) < 4.78 is 4.94. The van der Waals surface area contributed by atoms with Crippen molar-refractivity contribution in [3.63, 3.8) is 0 Å². The van der Waals surface area contributed by atoms with Gasteiger partial charge in [-0.2, -0.15) is 0 Å². The van der Waals surface area contributed by atoms with Crippen molar-refractivity contribution in [2.75, 3.05) is 32.6 Å². The molecule has 1 rings (SSSR count). The maximum atomic E-state index is 11.6. The minimum Gasteiger partial charge on any atom is -0.461 e. The van der Waals surface area contributed by atoms with Crippen LogP contribution in [0.4, 0.5) is 5.00 Å². The summed E-state index contributed by atoms with van der Waals surface area (Å²) in [6.45, 7) is 5.02. The lowest BCUT2D eigenvalue weighted by Crippen LogP contribution is -2.31. The Hall–Kier alpha value is -1.14. The maximum Gasteiger partial charge on any atom is 0.360 e. The van der Waals surface area contributed by atoms with E-state index in [1.165, 1.54) is 11.3 Å². The van der Waals surface area contributed by atoms with Crippen molar-refractivity contribution in [1.29, 1.82) is 0 Å². The van der Waals surface area contributed by atoms with Crippen molar-refractivity contribution >= 4 is 22.3 Å². The van der Waals surface area contributed by atoms with Gasteiger partial charge in [-0.25, -0.2) is 9.78 Å². The molecule has 5 nitrogen and oxygen atoms in total. The number of hydrogen-bond donors (Lipinski definition) is 1. The summed E-state index contributed by atoms with van der Waals surface area (Å²) in [6.07, 6.45) is 0. The lowest BCUT2D eigenvalue weighted by molar-refractivity contribution is 0.0521. The highest BCUT2D eigenvalue weighted by molar-refractivity contribution is 7.14. The number of nitrogens with one attached hydrogen (secondary N) is 1. The minimum atomic E-state index is -0.367. The lowest BCUT2D eigenvalue weighted by atomic mass is 10.3. The van der Waals surface area contributed by atoms with E-state index < -0.39 is 0 Å². The summed E-state index contributed by atoms with van der Waals surface area (Å²) in [5.74, 6) is -0.367. The number of likely N-dealkylation sites (N-methyl/N-ethyl adjacent to an activating group) is 1. The molecule has 1 unspecified atom stereocenters. The van der Waals surface area contributed by atoms with Crippen LogP contribution in [-0.4, -0.2) is 49.1 Å². The summed E-state index contributed by atoms with van der Waals surface area (Å²) in [4.78, 5) is 17.7. The number of hydrogen-bond acceptors (Lipinski definition) is 6. The van der Waals surface area contributed by atoms with Gasteiger partial charge in [0.1, 0.15) is 5.00 Å². The Balaban J connectivity index is 2.60. The Morgan fingerprint density at radius 1 is 1.65 bits per heavy atom. The quantitative estimate of drug-likeness (QED) is 0.786. The van der Waals surface area contributed by atoms with Gasteiger partial charge >= 0.3 is 5.97 Å². The average Bonchev–Trinajstić information content (AvgIpc) is 2.74. The van der Waals surface area contributed by atoms with Crippen molar-refractivity contribution in [2.24, 2.45) is 0 Å². The molecule has 6 heteroatoms. The van der Waals surface area contributed by atoms with Crippen LogP contribution in [0.15, 0.2) is 5.51 Å². The zero-order chi connectivity index (χ0) is 12.8. The second kappa shape index (κ2) is 6.56. The van der Waals surface area contributed by atoms with Crippen LogP contribution in [0.25, 0.3) is 0 Å². The highest BCUT2D eigenvalue weighted by atomic mass is 32.1. The number of anilines is 1. The van der Waals surface area contributed by atoms with Gasteiger partial charge in [0.05, 0.1) is 12.1 Å². The molecule has 17 heavy (non-hydrogen) atoms. The standard InChI is InChI=1S/C11H19N3O2S/c1-5-16-11(15)9-10(17-7-13-9)12-6-8(2)14(3)4/h7-8,12H,5-6H2,1-4H3. The Labute approximate surface area is 106 Å². The van der Waals surface area contributed by atoms with E-state index >= 15 is 0 Å². The van der Waals surface area contributed by atoms with Gasteiger partial charge in [-0.1, -0.05) is 0 Å². The first kappa shape index (κ1) is 13.9. The third-order valence-corrected chi connectivity index (χ3v) is 3.26. The van der Waals surface area contributed by atoms with Crippen LogP contribution in [0.5, 0.6) is 0 Å². The monoisotopic (exact) mass is 257 g/mol. The predicted molar refractivity (Wildman–Crippen MR) is 69.7 cm³/mol. The Morgan fingerprint density at radius 2 is 2.35 bits per heavy atom. The molecule has 1 aromatic rings. The number of ether oxygens (including phenoxy) is 1. The van der Waals surface area contributed by atoms with Crippen LogP contribution in [0, 0.1) is 0 Å². The fourth-order valence-corrected chi connectivity index (χ4v) is 1.82. The van der Waals surface area contributed by atoms with Gasteiger partial charge in [-0.05, 0) is 27.9 Å². The van der Waals surface area contributed by atoms with Gasteiger partial charge < -0.3 is 15.0 Å². The topological polar surface area (TPSA) is 54.5 Å². The molecule has 0 aliphatic carbocycles. The van der Waals surface area contributed by atoms with E-state index in [2.05, 4.69) is 22.1 Å². The number of esters is 1.